The number of amides is 1. The molecular weight excluding hydrogens is 507 g/mol. The maximum absolute atomic E-state index is 13.6. The van der Waals surface area contributed by atoms with Gasteiger partial charge in [0.05, 0.1) is 15.4 Å². The highest BCUT2D eigenvalue weighted by molar-refractivity contribution is 7.91. The molecule has 37 heavy (non-hydrogen) atoms. The third-order valence-electron chi connectivity index (χ3n) is 6.29. The number of rotatable bonds is 6. The van der Waals surface area contributed by atoms with Gasteiger partial charge < -0.3 is 10.1 Å². The minimum Gasteiger partial charge on any atom is -0.435 e. The molecule has 1 atom stereocenters. The lowest BCUT2D eigenvalue weighted by Gasteiger charge is -2.26. The van der Waals surface area contributed by atoms with Gasteiger partial charge in [0.1, 0.15) is 5.56 Å². The number of ether oxygens (including phenoxy) is 1. The second-order valence-corrected chi connectivity index (χ2v) is 11.3. The predicted octanol–water partition coefficient (Wildman–Crippen LogP) is 6.16. The quantitative estimate of drug-likeness (QED) is 0.392. The average Bonchev–Trinajstić information content (AvgIpc) is 2.73. The van der Waals surface area contributed by atoms with E-state index in [1.54, 1.807) is 13.8 Å². The van der Waals surface area contributed by atoms with Crippen LogP contribution in [0.5, 0.6) is 11.6 Å². The monoisotopic (exact) mass is 533 g/mol. The number of hydrogen-bond acceptors (Lipinski definition) is 7. The van der Waals surface area contributed by atoms with E-state index in [0.717, 1.165) is 31.9 Å². The molecule has 1 amide bonds. The van der Waals surface area contributed by atoms with Crippen LogP contribution in [0.25, 0.3) is 0 Å². The minimum atomic E-state index is -4.85. The topological polar surface area (TPSA) is 118 Å². The number of alkyl halides is 3. The number of pyridine rings is 1. The summed E-state index contributed by atoms with van der Waals surface area (Å²) in [6, 6.07) is 7.64. The Hall–Kier alpha value is -3.54. The molecule has 3 aromatic rings. The first kappa shape index (κ1) is 26.5. The summed E-state index contributed by atoms with van der Waals surface area (Å²) < 4.78 is 66.6. The Balaban J connectivity index is 1.75. The second-order valence-electron chi connectivity index (χ2n) is 9.19. The maximum atomic E-state index is 13.6. The third kappa shape index (κ3) is 5.58. The van der Waals surface area contributed by atoms with Gasteiger partial charge in [-0.1, -0.05) is 12.5 Å². The molecule has 0 radical (unpaired) electrons. The van der Waals surface area contributed by atoms with E-state index in [-0.39, 0.29) is 16.3 Å². The third-order valence-corrected chi connectivity index (χ3v) is 7.45. The summed E-state index contributed by atoms with van der Waals surface area (Å²) in [5.74, 6) is -0.666. The Kier molecular flexibility index (Phi) is 6.97. The molecule has 1 saturated carbocycles. The summed E-state index contributed by atoms with van der Waals surface area (Å²) in [5.41, 5.74) is 0.0998. The average molecular weight is 534 g/mol. The fraction of sp³-hybridized carbons (Fsp3) is 0.360. The molecule has 2 N–H and O–H groups in total. The lowest BCUT2D eigenvalue weighted by atomic mass is 9.82. The Bertz CT molecular complexity index is 1460. The summed E-state index contributed by atoms with van der Waals surface area (Å²) in [6.07, 6.45) is -0.382. The van der Waals surface area contributed by atoms with Gasteiger partial charge in [-0.2, -0.15) is 13.2 Å². The van der Waals surface area contributed by atoms with Crippen LogP contribution in [-0.4, -0.2) is 31.6 Å². The molecule has 0 spiro atoms. The number of anilines is 1. The molecule has 2 heterocycles. The minimum absolute atomic E-state index is 0.152. The van der Waals surface area contributed by atoms with Gasteiger partial charge in [0.25, 0.3) is 11.8 Å². The van der Waals surface area contributed by atoms with Crippen molar-refractivity contribution >= 4 is 21.3 Å². The first-order chi connectivity index (χ1) is 17.3. The lowest BCUT2D eigenvalue weighted by Crippen LogP contribution is -2.21. The Morgan fingerprint density at radius 3 is 2.43 bits per heavy atom. The number of aromatic nitrogens is 3. The van der Waals surface area contributed by atoms with Crippen LogP contribution < -0.4 is 10.1 Å². The molecule has 0 aliphatic heterocycles. The van der Waals surface area contributed by atoms with Crippen molar-refractivity contribution in [3.05, 3.63) is 64.1 Å². The van der Waals surface area contributed by atoms with Crippen LogP contribution in [0.15, 0.2) is 35.2 Å². The molecule has 196 valence electrons. The zero-order chi connectivity index (χ0) is 27.1. The van der Waals surface area contributed by atoms with Crippen LogP contribution in [0.3, 0.4) is 0 Å². The number of nitrogens with zero attached hydrogens (tertiary/aromatic N) is 3. The smallest absolute Gasteiger partial charge is 0.435 e. The predicted molar refractivity (Wildman–Crippen MR) is 132 cm³/mol. The fourth-order valence-electron chi connectivity index (χ4n) is 4.13. The van der Waals surface area contributed by atoms with Gasteiger partial charge >= 0.3 is 6.18 Å². The van der Waals surface area contributed by atoms with E-state index in [4.69, 9.17) is 9.52 Å². The second kappa shape index (κ2) is 9.73. The Morgan fingerprint density at radius 1 is 1.16 bits per heavy atom. The summed E-state index contributed by atoms with van der Waals surface area (Å²) in [6.45, 7) is 4.64. The van der Waals surface area contributed by atoms with Crippen molar-refractivity contribution < 1.29 is 26.9 Å². The van der Waals surface area contributed by atoms with E-state index in [1.165, 1.54) is 30.5 Å². The number of benzene rings is 1. The van der Waals surface area contributed by atoms with E-state index < -0.39 is 44.5 Å². The van der Waals surface area contributed by atoms with Crippen LogP contribution in [0.2, 0.25) is 0 Å². The summed E-state index contributed by atoms with van der Waals surface area (Å²) in [4.78, 5) is 18.1. The number of hydrogen-bond donors (Lipinski definition) is 2. The maximum Gasteiger partial charge on any atom is 0.435 e. The van der Waals surface area contributed by atoms with Gasteiger partial charge in [-0.05, 0) is 69.0 Å². The van der Waals surface area contributed by atoms with Gasteiger partial charge in [-0.25, -0.2) is 8.99 Å². The number of nitrogens with one attached hydrogen (secondary N) is 2. The molecule has 8 nitrogen and oxygen atoms in total. The standard InChI is InChI=1S/C25H26F3N5O3S/c1-13-11-19(16-7-5-8-16)30-15(3)21(13)36-24-20(14(2)22(32-33-24)25(26,27)28)23(34)31-17-9-6-10-18(12-17)37(4,29)35/h6,9-12,16,29H,5,7-8H2,1-4H3,(H,31,34). The van der Waals surface area contributed by atoms with E-state index >= 15 is 0 Å². The molecular formula is C25H26F3N5O3S. The lowest BCUT2D eigenvalue weighted by molar-refractivity contribution is -0.142. The fourth-order valence-corrected chi connectivity index (χ4v) is 4.82. The zero-order valence-electron chi connectivity index (χ0n) is 20.7. The Labute approximate surface area is 212 Å². The van der Waals surface area contributed by atoms with Crippen molar-refractivity contribution in [1.82, 2.24) is 15.2 Å². The summed E-state index contributed by atoms with van der Waals surface area (Å²) in [7, 11) is -3.08. The normalized spacial score (nSPS) is 15.5. The highest BCUT2D eigenvalue weighted by Gasteiger charge is 2.38. The molecule has 1 aromatic carbocycles. The number of aryl methyl sites for hydroxylation is 2. The van der Waals surface area contributed by atoms with Crippen LogP contribution in [0.4, 0.5) is 18.9 Å². The largest absolute Gasteiger partial charge is 0.435 e. The molecule has 0 bridgehead atoms. The summed E-state index contributed by atoms with van der Waals surface area (Å²) >= 11 is 0. The van der Waals surface area contributed by atoms with Crippen LogP contribution in [0.1, 0.15) is 63.7 Å². The van der Waals surface area contributed by atoms with Gasteiger partial charge in [0.2, 0.25) is 0 Å². The molecule has 1 unspecified atom stereocenters. The van der Waals surface area contributed by atoms with Crippen molar-refractivity contribution in [2.75, 3.05) is 11.6 Å². The highest BCUT2D eigenvalue weighted by atomic mass is 32.2. The molecule has 1 fully saturated rings. The first-order valence-corrected chi connectivity index (χ1v) is 13.5. The summed E-state index contributed by atoms with van der Waals surface area (Å²) in [5, 5.41) is 9.44. The van der Waals surface area contributed by atoms with E-state index in [0.29, 0.717) is 17.2 Å². The van der Waals surface area contributed by atoms with E-state index in [1.807, 2.05) is 6.07 Å². The number of carbonyl (C=O) groups is 1. The number of halogens is 3. The van der Waals surface area contributed by atoms with Gasteiger partial charge in [-0.3, -0.25) is 9.78 Å². The Morgan fingerprint density at radius 2 is 1.86 bits per heavy atom. The molecule has 4 rings (SSSR count). The van der Waals surface area contributed by atoms with Crippen molar-refractivity contribution in [3.63, 3.8) is 0 Å². The van der Waals surface area contributed by atoms with Gasteiger partial charge in [-0.15, -0.1) is 10.2 Å². The van der Waals surface area contributed by atoms with Gasteiger partial charge in [0.15, 0.2) is 11.4 Å². The first-order valence-electron chi connectivity index (χ1n) is 11.5. The SMILES string of the molecule is Cc1cc(C2CCC2)nc(C)c1Oc1nnc(C(F)(F)F)c(C)c1C(=O)Nc1cccc(S(C)(=N)=O)c1. The molecule has 0 saturated heterocycles. The molecule has 1 aliphatic rings. The van der Waals surface area contributed by atoms with Gasteiger partial charge in [0, 0.05) is 28.5 Å². The van der Waals surface area contributed by atoms with Crippen LogP contribution >= 0.6 is 0 Å². The van der Waals surface area contributed by atoms with Crippen LogP contribution in [0, 0.1) is 25.6 Å². The van der Waals surface area contributed by atoms with Crippen molar-refractivity contribution in [3.8, 4) is 11.6 Å². The van der Waals surface area contributed by atoms with E-state index in [2.05, 4.69) is 20.5 Å². The van der Waals surface area contributed by atoms with Crippen molar-refractivity contribution in [2.24, 2.45) is 0 Å². The zero-order valence-corrected chi connectivity index (χ0v) is 21.5. The number of carbonyl (C=O) groups excluding carboxylic acids is 1. The van der Waals surface area contributed by atoms with Crippen molar-refractivity contribution in [2.45, 2.75) is 57.0 Å². The highest BCUT2D eigenvalue weighted by Crippen LogP contribution is 2.39. The van der Waals surface area contributed by atoms with Crippen LogP contribution in [-0.2, 0) is 15.9 Å². The molecule has 12 heteroatoms. The van der Waals surface area contributed by atoms with Crippen molar-refractivity contribution in [1.29, 1.82) is 4.78 Å². The van der Waals surface area contributed by atoms with E-state index in [9.17, 15) is 22.2 Å². The molecule has 2 aromatic heterocycles. The molecule has 1 aliphatic carbocycles.